The molecule has 0 radical (unpaired) electrons. The summed E-state index contributed by atoms with van der Waals surface area (Å²) in [5.41, 5.74) is 0. The first-order valence-electron chi connectivity index (χ1n) is 7.27. The van der Waals surface area contributed by atoms with Gasteiger partial charge in [0.1, 0.15) is 0 Å². The van der Waals surface area contributed by atoms with E-state index in [0.29, 0.717) is 0 Å². The van der Waals surface area contributed by atoms with E-state index in [4.69, 9.17) is 0 Å². The third kappa shape index (κ3) is 6.23. The standard InChI is InChI=1S/C15H34N2/c1-7-16(5,8-2)14-12-11-13-15-17(6,9-3)10-4/h11-12H,7-10,13-15H2,1-6H3/q+2/b12-11+. The smallest absolute Gasteiger partial charge is 0.0971 e. The average Bonchev–Trinajstić information content (AvgIpc) is 2.37. The van der Waals surface area contributed by atoms with Crippen molar-refractivity contribution in [2.75, 3.05) is 53.4 Å². The van der Waals surface area contributed by atoms with E-state index in [1.54, 1.807) is 0 Å². The number of likely N-dealkylation sites (N-methyl/N-ethyl adjacent to an activating group) is 1. The second kappa shape index (κ2) is 7.88. The predicted octanol–water partition coefficient (Wildman–Crippen LogP) is 2.91. The zero-order valence-corrected chi connectivity index (χ0v) is 13.0. The summed E-state index contributed by atoms with van der Waals surface area (Å²) >= 11 is 0. The maximum Gasteiger partial charge on any atom is 0.0971 e. The van der Waals surface area contributed by atoms with Crippen molar-refractivity contribution < 1.29 is 8.97 Å². The van der Waals surface area contributed by atoms with E-state index in [1.165, 1.54) is 50.2 Å². The van der Waals surface area contributed by atoms with E-state index >= 15 is 0 Å². The van der Waals surface area contributed by atoms with Crippen molar-refractivity contribution in [3.05, 3.63) is 12.2 Å². The lowest BCUT2D eigenvalue weighted by Gasteiger charge is -2.32. The van der Waals surface area contributed by atoms with Gasteiger partial charge in [-0.1, -0.05) is 6.08 Å². The van der Waals surface area contributed by atoms with Crippen LogP contribution in [0.2, 0.25) is 0 Å². The van der Waals surface area contributed by atoms with Gasteiger partial charge in [-0.05, 0) is 33.8 Å². The molecule has 0 aliphatic carbocycles. The zero-order chi connectivity index (χ0) is 13.4. The topological polar surface area (TPSA) is 0 Å². The first kappa shape index (κ1) is 16.7. The summed E-state index contributed by atoms with van der Waals surface area (Å²) in [4.78, 5) is 0. The van der Waals surface area contributed by atoms with Crippen LogP contribution in [0.15, 0.2) is 12.2 Å². The number of rotatable bonds is 9. The van der Waals surface area contributed by atoms with Crippen LogP contribution in [0.4, 0.5) is 0 Å². The van der Waals surface area contributed by atoms with Gasteiger partial charge in [-0.2, -0.15) is 0 Å². The number of nitrogens with zero attached hydrogens (tertiary/aromatic N) is 2. The largest absolute Gasteiger partial charge is 0.326 e. The Hall–Kier alpha value is -0.340. The Kier molecular flexibility index (Phi) is 7.73. The molecule has 0 aromatic carbocycles. The summed E-state index contributed by atoms with van der Waals surface area (Å²) in [5, 5.41) is 0. The Morgan fingerprint density at radius 1 is 0.706 bits per heavy atom. The SMILES string of the molecule is CC[N+](C)(CC)C/C=C/CC[N+](C)(CC)CC. The minimum Gasteiger partial charge on any atom is -0.326 e. The Bertz CT molecular complexity index is 213. The molecular weight excluding hydrogens is 208 g/mol. The summed E-state index contributed by atoms with van der Waals surface area (Å²) in [6, 6.07) is 0. The van der Waals surface area contributed by atoms with Crippen LogP contribution in [0, 0.1) is 0 Å². The van der Waals surface area contributed by atoms with E-state index in [2.05, 4.69) is 53.9 Å². The molecule has 0 aliphatic heterocycles. The highest BCUT2D eigenvalue weighted by Gasteiger charge is 2.15. The molecule has 0 fully saturated rings. The molecule has 17 heavy (non-hydrogen) atoms. The van der Waals surface area contributed by atoms with Crippen LogP contribution < -0.4 is 0 Å². The summed E-state index contributed by atoms with van der Waals surface area (Å²) in [7, 11) is 4.69. The van der Waals surface area contributed by atoms with Gasteiger partial charge in [0.05, 0.1) is 53.4 Å². The molecule has 0 heterocycles. The third-order valence-corrected chi connectivity index (χ3v) is 4.60. The summed E-state index contributed by atoms with van der Waals surface area (Å²) in [6.07, 6.45) is 5.97. The quantitative estimate of drug-likeness (QED) is 0.431. The lowest BCUT2D eigenvalue weighted by atomic mass is 10.3. The molecule has 0 unspecified atom stereocenters. The minimum absolute atomic E-state index is 1.16. The highest BCUT2D eigenvalue weighted by molar-refractivity contribution is 4.81. The fraction of sp³-hybridized carbons (Fsp3) is 0.867. The van der Waals surface area contributed by atoms with E-state index in [1.807, 2.05) is 0 Å². The average molecular weight is 242 g/mol. The van der Waals surface area contributed by atoms with Gasteiger partial charge in [0, 0.05) is 6.42 Å². The maximum absolute atomic E-state index is 2.38. The molecule has 0 rings (SSSR count). The van der Waals surface area contributed by atoms with Crippen LogP contribution >= 0.6 is 0 Å². The molecule has 0 amide bonds. The Morgan fingerprint density at radius 3 is 1.59 bits per heavy atom. The van der Waals surface area contributed by atoms with Gasteiger partial charge in [0.25, 0.3) is 0 Å². The van der Waals surface area contributed by atoms with E-state index < -0.39 is 0 Å². The first-order chi connectivity index (χ1) is 7.95. The van der Waals surface area contributed by atoms with Crippen LogP contribution in [-0.4, -0.2) is 62.3 Å². The van der Waals surface area contributed by atoms with Crippen molar-refractivity contribution in [3.63, 3.8) is 0 Å². The molecule has 0 bridgehead atoms. The molecule has 2 heteroatoms. The summed E-state index contributed by atoms with van der Waals surface area (Å²) in [6.45, 7) is 16.5. The van der Waals surface area contributed by atoms with E-state index in [-0.39, 0.29) is 0 Å². The molecule has 0 aromatic heterocycles. The van der Waals surface area contributed by atoms with Crippen LogP contribution in [0.5, 0.6) is 0 Å². The molecule has 0 saturated carbocycles. The fourth-order valence-electron chi connectivity index (χ4n) is 1.85. The highest BCUT2D eigenvalue weighted by Crippen LogP contribution is 2.05. The monoisotopic (exact) mass is 242 g/mol. The zero-order valence-electron chi connectivity index (χ0n) is 13.0. The Labute approximate surface area is 109 Å². The molecule has 0 spiro atoms. The van der Waals surface area contributed by atoms with Gasteiger partial charge >= 0.3 is 0 Å². The second-order valence-corrected chi connectivity index (χ2v) is 5.67. The Balaban J connectivity index is 3.97. The molecule has 0 atom stereocenters. The number of hydrogen-bond acceptors (Lipinski definition) is 0. The van der Waals surface area contributed by atoms with Crippen LogP contribution in [0.25, 0.3) is 0 Å². The molecule has 102 valence electrons. The van der Waals surface area contributed by atoms with Crippen molar-refractivity contribution in [2.24, 2.45) is 0 Å². The van der Waals surface area contributed by atoms with Crippen molar-refractivity contribution in [3.8, 4) is 0 Å². The van der Waals surface area contributed by atoms with Gasteiger partial charge < -0.3 is 8.97 Å². The van der Waals surface area contributed by atoms with Crippen LogP contribution in [-0.2, 0) is 0 Å². The maximum atomic E-state index is 2.38. The molecule has 0 saturated heterocycles. The van der Waals surface area contributed by atoms with Gasteiger partial charge in [0.15, 0.2) is 0 Å². The van der Waals surface area contributed by atoms with Gasteiger partial charge in [-0.25, -0.2) is 0 Å². The minimum atomic E-state index is 1.16. The van der Waals surface area contributed by atoms with Gasteiger partial charge in [-0.3, -0.25) is 0 Å². The lowest BCUT2D eigenvalue weighted by molar-refractivity contribution is -0.905. The van der Waals surface area contributed by atoms with E-state index in [0.717, 1.165) is 4.48 Å². The number of hydrogen-bond donors (Lipinski definition) is 0. The molecule has 0 N–H and O–H groups in total. The molecule has 0 aliphatic rings. The molecule has 0 aromatic rings. The van der Waals surface area contributed by atoms with Gasteiger partial charge in [0.2, 0.25) is 0 Å². The van der Waals surface area contributed by atoms with Gasteiger partial charge in [-0.15, -0.1) is 0 Å². The second-order valence-electron chi connectivity index (χ2n) is 5.67. The molecular formula is C15H34N2+2. The lowest BCUT2D eigenvalue weighted by Crippen LogP contribution is -2.44. The summed E-state index contributed by atoms with van der Waals surface area (Å²) in [5.74, 6) is 0. The molecule has 2 nitrogen and oxygen atoms in total. The van der Waals surface area contributed by atoms with Crippen LogP contribution in [0.1, 0.15) is 34.1 Å². The highest BCUT2D eigenvalue weighted by atomic mass is 15.3. The fourth-order valence-corrected chi connectivity index (χ4v) is 1.85. The predicted molar refractivity (Wildman–Crippen MR) is 78.0 cm³/mol. The third-order valence-electron chi connectivity index (χ3n) is 4.60. The Morgan fingerprint density at radius 2 is 1.18 bits per heavy atom. The summed E-state index contributed by atoms with van der Waals surface area (Å²) < 4.78 is 2.35. The van der Waals surface area contributed by atoms with Crippen LogP contribution in [0.3, 0.4) is 0 Å². The van der Waals surface area contributed by atoms with E-state index in [9.17, 15) is 0 Å². The van der Waals surface area contributed by atoms with Crippen molar-refractivity contribution in [1.82, 2.24) is 0 Å². The normalized spacial score (nSPS) is 13.5. The number of quaternary nitrogens is 2. The van der Waals surface area contributed by atoms with Crippen molar-refractivity contribution in [1.29, 1.82) is 0 Å². The van der Waals surface area contributed by atoms with Crippen molar-refractivity contribution >= 4 is 0 Å². The van der Waals surface area contributed by atoms with Crippen molar-refractivity contribution in [2.45, 2.75) is 34.1 Å². The first-order valence-corrected chi connectivity index (χ1v) is 7.27.